The molecule has 4 heteroatoms. The van der Waals surface area contributed by atoms with Crippen molar-refractivity contribution in [2.24, 2.45) is 51.1 Å². The Morgan fingerprint density at radius 1 is 0.935 bits per heavy atom. The van der Waals surface area contributed by atoms with E-state index >= 15 is 0 Å². The molecular weight excluding hydrogens is 564 g/mol. The number of methoxy groups -OCH3 is 1. The molecule has 260 valence electrons. The summed E-state index contributed by atoms with van der Waals surface area (Å²) in [5.74, 6) is 2.83. The Hall–Kier alpha value is -1.91. The number of fused-ring (bicyclic) bond motifs is 7. The summed E-state index contributed by atoms with van der Waals surface area (Å²) in [6.45, 7) is 24.1. The minimum absolute atomic E-state index is 0. The van der Waals surface area contributed by atoms with Crippen molar-refractivity contribution < 1.29 is 9.53 Å². The van der Waals surface area contributed by atoms with E-state index in [1.54, 1.807) is 6.08 Å². The highest BCUT2D eigenvalue weighted by Gasteiger charge is 2.69. The topological polar surface area (TPSA) is 64.3 Å². The number of rotatable bonds is 5. The number of hydrogen-bond donors (Lipinski definition) is 2. The first kappa shape index (κ1) is 38.5. The largest absolute Gasteiger partial charge is 0.465 e. The van der Waals surface area contributed by atoms with Crippen LogP contribution in [0.15, 0.2) is 43.0 Å². The number of ether oxygens (including phenoxy) is 1. The van der Waals surface area contributed by atoms with Gasteiger partial charge in [0, 0.05) is 18.6 Å². The van der Waals surface area contributed by atoms with Crippen LogP contribution in [0, 0.1) is 45.3 Å². The summed E-state index contributed by atoms with van der Waals surface area (Å²) in [7, 11) is 1.45. The quantitative estimate of drug-likeness (QED) is 0.250. The Morgan fingerprint density at radius 2 is 1.59 bits per heavy atom. The molecule has 6 rings (SSSR count). The third-order valence-electron chi connectivity index (χ3n) is 14.2. The lowest BCUT2D eigenvalue weighted by molar-refractivity contribution is -0.216. The minimum Gasteiger partial charge on any atom is -0.465 e. The molecule has 46 heavy (non-hydrogen) atoms. The lowest BCUT2D eigenvalue weighted by atomic mass is 9.33. The average Bonchev–Trinajstić information content (AvgIpc) is 3.45. The van der Waals surface area contributed by atoms with Crippen LogP contribution < -0.4 is 11.1 Å². The molecule has 0 aromatic heterocycles. The van der Waals surface area contributed by atoms with Crippen molar-refractivity contribution in [1.29, 1.82) is 0 Å². The zero-order valence-electron chi connectivity index (χ0n) is 30.4. The van der Waals surface area contributed by atoms with Gasteiger partial charge >= 0.3 is 5.97 Å². The third-order valence-corrected chi connectivity index (χ3v) is 14.2. The highest BCUT2D eigenvalue weighted by atomic mass is 16.5. The maximum atomic E-state index is 12.0. The predicted octanol–water partition coefficient (Wildman–Crippen LogP) is 10.5. The molecule has 4 nitrogen and oxygen atoms in total. The molecule has 0 amide bonds. The summed E-state index contributed by atoms with van der Waals surface area (Å²) in [6.07, 6.45) is 17.8. The van der Waals surface area contributed by atoms with Gasteiger partial charge in [-0.15, -0.1) is 6.58 Å². The summed E-state index contributed by atoms with van der Waals surface area (Å²) in [5.41, 5.74) is 10.9. The van der Waals surface area contributed by atoms with Crippen LogP contribution >= 0.6 is 0 Å². The Kier molecular flexibility index (Phi) is 12.3. The molecule has 3 N–H and O–H groups in total. The number of esters is 1. The van der Waals surface area contributed by atoms with Gasteiger partial charge in [0.25, 0.3) is 0 Å². The Balaban J connectivity index is 0.000000908. The van der Waals surface area contributed by atoms with Crippen LogP contribution in [0.2, 0.25) is 0 Å². The molecule has 8 atom stereocenters. The van der Waals surface area contributed by atoms with Gasteiger partial charge in [0.15, 0.2) is 0 Å². The van der Waals surface area contributed by atoms with Crippen LogP contribution in [0.1, 0.15) is 143 Å². The number of carbonyl (C=O) groups excluding carboxylic acids is 1. The first-order valence-corrected chi connectivity index (χ1v) is 18.3. The number of nitrogens with two attached hydrogens (primary N) is 1. The first-order chi connectivity index (χ1) is 21.4. The molecule has 5 aliphatic rings. The Morgan fingerprint density at radius 3 is 2.20 bits per heavy atom. The van der Waals surface area contributed by atoms with Crippen molar-refractivity contribution in [3.8, 4) is 0 Å². The Bertz CT molecular complexity index is 1220. The summed E-state index contributed by atoms with van der Waals surface area (Å²) in [5, 5.41) is 4.02. The van der Waals surface area contributed by atoms with E-state index in [-0.39, 0.29) is 18.8 Å². The number of hydrogen-bond acceptors (Lipinski definition) is 4. The van der Waals surface area contributed by atoms with Crippen LogP contribution in [-0.2, 0) is 4.74 Å². The van der Waals surface area contributed by atoms with Gasteiger partial charge < -0.3 is 15.8 Å². The number of benzene rings is 1. The molecule has 7 unspecified atom stereocenters. The van der Waals surface area contributed by atoms with Crippen molar-refractivity contribution >= 4 is 11.5 Å². The molecule has 0 saturated heterocycles. The minimum atomic E-state index is -0.264. The summed E-state index contributed by atoms with van der Waals surface area (Å²) < 4.78 is 4.94. The maximum Gasteiger partial charge on any atom is 0.337 e. The number of nitrogens with one attached hydrogen (secondary N) is 1. The van der Waals surface area contributed by atoms with Crippen LogP contribution in [0.4, 0.5) is 0 Å². The zero-order chi connectivity index (χ0) is 33.3. The maximum absolute atomic E-state index is 12.0. The van der Waals surface area contributed by atoms with E-state index in [1.165, 1.54) is 82.5 Å². The SMILES string of the molecule is C.C=CC.CC.COC(=O)c1ccc(C2=CCC3(C)C(CCC4(C)C3CCC3C5CCCC5(NCCN)CC[C@]34C)C2(C)C)cc1. The number of allylic oxidation sites excluding steroid dienone is 3. The van der Waals surface area contributed by atoms with E-state index in [0.717, 1.165) is 30.8 Å². The fourth-order valence-corrected chi connectivity index (χ4v) is 12.2. The molecule has 5 aliphatic carbocycles. The normalized spacial score (nSPS) is 38.3. The van der Waals surface area contributed by atoms with Crippen LogP contribution in [0.25, 0.3) is 5.57 Å². The molecule has 0 spiro atoms. The zero-order valence-corrected chi connectivity index (χ0v) is 30.4. The number of carbonyl (C=O) groups is 1. The van der Waals surface area contributed by atoms with E-state index < -0.39 is 0 Å². The third kappa shape index (κ3) is 5.97. The first-order valence-electron chi connectivity index (χ1n) is 18.3. The fourth-order valence-electron chi connectivity index (χ4n) is 12.2. The molecule has 4 saturated carbocycles. The average molecular weight is 635 g/mol. The van der Waals surface area contributed by atoms with Gasteiger partial charge in [0.2, 0.25) is 0 Å². The summed E-state index contributed by atoms with van der Waals surface area (Å²) in [4.78, 5) is 12.0. The summed E-state index contributed by atoms with van der Waals surface area (Å²) in [6, 6.07) is 8.13. The molecule has 1 aromatic rings. The second kappa shape index (κ2) is 14.7. The molecular formula is C42H70N2O2. The molecule has 4 fully saturated rings. The van der Waals surface area contributed by atoms with Crippen LogP contribution in [0.5, 0.6) is 0 Å². The van der Waals surface area contributed by atoms with Crippen LogP contribution in [0.3, 0.4) is 0 Å². The van der Waals surface area contributed by atoms with E-state index in [2.05, 4.69) is 64.7 Å². The van der Waals surface area contributed by atoms with Gasteiger partial charge in [0.05, 0.1) is 12.7 Å². The smallest absolute Gasteiger partial charge is 0.337 e. The van der Waals surface area contributed by atoms with Gasteiger partial charge in [-0.2, -0.15) is 0 Å². The molecule has 0 heterocycles. The molecule has 0 aliphatic heterocycles. The van der Waals surface area contributed by atoms with Gasteiger partial charge in [-0.1, -0.05) is 86.6 Å². The standard InChI is InChI=1S/C36H54N2O2.C3H6.C2H6.CH4/c1-32(2)26(24-9-11-25(12-10-24)31(39)40-6)15-18-33(3)29(32)16-19-35(5)30(33)14-13-27-28-8-7-17-36(28,38-23-22-37)21-20-34(27,35)4;1-3-2;1-2;/h9-12,15,27-30,38H,7-8,13-14,16-23,37H2,1-6H3;3H,1H2,2H3;1-2H3;1H4/t27?,28?,29?,30?,33?,34-,35?,36?;;;/m1.../s1. The van der Waals surface area contributed by atoms with Gasteiger partial charge in [-0.05, 0) is 133 Å². The predicted molar refractivity (Wildman–Crippen MR) is 198 cm³/mol. The van der Waals surface area contributed by atoms with Crippen molar-refractivity contribution in [3.05, 3.63) is 54.1 Å². The van der Waals surface area contributed by atoms with Gasteiger partial charge in [-0.25, -0.2) is 4.79 Å². The van der Waals surface area contributed by atoms with E-state index in [4.69, 9.17) is 10.5 Å². The highest BCUT2D eigenvalue weighted by molar-refractivity contribution is 5.89. The van der Waals surface area contributed by atoms with Crippen LogP contribution in [-0.4, -0.2) is 31.7 Å². The molecule has 1 aromatic carbocycles. The van der Waals surface area contributed by atoms with Crippen molar-refractivity contribution in [2.45, 2.75) is 133 Å². The van der Waals surface area contributed by atoms with Crippen molar-refractivity contribution in [1.82, 2.24) is 5.32 Å². The lowest BCUT2D eigenvalue weighted by Crippen LogP contribution is -2.67. The molecule has 0 radical (unpaired) electrons. The van der Waals surface area contributed by atoms with Crippen molar-refractivity contribution in [3.63, 3.8) is 0 Å². The van der Waals surface area contributed by atoms with Crippen molar-refractivity contribution in [2.75, 3.05) is 20.2 Å². The van der Waals surface area contributed by atoms with E-state index in [0.29, 0.717) is 33.3 Å². The Labute approximate surface area is 283 Å². The second-order valence-corrected chi connectivity index (χ2v) is 16.1. The monoisotopic (exact) mass is 635 g/mol. The fraction of sp³-hybridized carbons (Fsp3) is 0.738. The van der Waals surface area contributed by atoms with E-state index in [1.807, 2.05) is 32.9 Å². The lowest BCUT2D eigenvalue weighted by Gasteiger charge is -2.72. The summed E-state index contributed by atoms with van der Waals surface area (Å²) >= 11 is 0. The van der Waals surface area contributed by atoms with Gasteiger partial charge in [0.1, 0.15) is 0 Å². The van der Waals surface area contributed by atoms with Gasteiger partial charge in [-0.3, -0.25) is 0 Å². The second-order valence-electron chi connectivity index (χ2n) is 16.1. The highest BCUT2D eigenvalue weighted by Crippen LogP contribution is 2.76. The molecule has 0 bridgehead atoms. The van der Waals surface area contributed by atoms with E-state index in [9.17, 15) is 4.79 Å².